The maximum Gasteiger partial charge on any atom is 0.303 e. The largest absolute Gasteiger partial charge is 0.481 e. The van der Waals surface area contributed by atoms with E-state index in [1.165, 1.54) is 6.07 Å². The number of pyridine rings is 1. The van der Waals surface area contributed by atoms with Crippen molar-refractivity contribution in [2.75, 3.05) is 27.2 Å². The molecule has 2 heterocycles. The highest BCUT2D eigenvalue weighted by atomic mass is 19.1. The molecule has 1 aromatic heterocycles. The van der Waals surface area contributed by atoms with Crippen molar-refractivity contribution in [1.29, 1.82) is 0 Å². The molecular weight excluding hydrogens is 333 g/mol. The van der Waals surface area contributed by atoms with Gasteiger partial charge in [0.15, 0.2) is 0 Å². The third kappa shape index (κ3) is 4.37. The van der Waals surface area contributed by atoms with E-state index in [9.17, 15) is 9.18 Å². The number of para-hydroxylation sites is 1. The Morgan fingerprint density at radius 1 is 1.35 bits per heavy atom. The average Bonchev–Trinajstić information content (AvgIpc) is 2.60. The van der Waals surface area contributed by atoms with Gasteiger partial charge in [-0.2, -0.15) is 0 Å². The first-order chi connectivity index (χ1) is 12.4. The highest BCUT2D eigenvalue weighted by molar-refractivity contribution is 5.79. The summed E-state index contributed by atoms with van der Waals surface area (Å²) in [4.78, 5) is 20.0. The van der Waals surface area contributed by atoms with Gasteiger partial charge >= 0.3 is 5.97 Å². The lowest BCUT2D eigenvalue weighted by atomic mass is 9.87. The number of rotatable bonds is 6. The Morgan fingerprint density at radius 3 is 2.88 bits per heavy atom. The van der Waals surface area contributed by atoms with Crippen LogP contribution in [0.2, 0.25) is 0 Å². The molecular formula is C20H26FN3O2. The molecule has 0 amide bonds. The lowest BCUT2D eigenvalue weighted by Gasteiger charge is -2.41. The summed E-state index contributed by atoms with van der Waals surface area (Å²) < 4.78 is 14.0. The van der Waals surface area contributed by atoms with Crippen molar-refractivity contribution in [2.45, 2.75) is 31.8 Å². The van der Waals surface area contributed by atoms with Crippen LogP contribution in [0.25, 0.3) is 10.9 Å². The maximum absolute atomic E-state index is 14.0. The predicted molar refractivity (Wildman–Crippen MR) is 99.4 cm³/mol. The fraction of sp³-hybridized carbons (Fsp3) is 0.500. The van der Waals surface area contributed by atoms with Crippen molar-refractivity contribution in [1.82, 2.24) is 14.8 Å². The van der Waals surface area contributed by atoms with Crippen molar-refractivity contribution in [3.05, 3.63) is 41.8 Å². The lowest BCUT2D eigenvalue weighted by molar-refractivity contribution is -0.137. The molecule has 0 radical (unpaired) electrons. The minimum absolute atomic E-state index is 0.197. The Hall–Kier alpha value is -2.05. The van der Waals surface area contributed by atoms with Crippen molar-refractivity contribution in [3.8, 4) is 0 Å². The molecule has 0 spiro atoms. The number of aliphatic carboxylic acids is 1. The standard InChI is InChI=1S/C20H26FN3O2/c1-23(2)18-10-11-24(12-15(18)7-9-19(25)26)13-16-8-6-14-4-3-5-17(21)20(14)22-16/h3-6,8,15,18H,7,9-13H2,1-2H3,(H,25,26)/t15-,18+/m0/s1. The van der Waals surface area contributed by atoms with Crippen LogP contribution >= 0.6 is 0 Å². The Labute approximate surface area is 153 Å². The number of fused-ring (bicyclic) bond motifs is 1. The second kappa shape index (κ2) is 8.10. The van der Waals surface area contributed by atoms with Crippen LogP contribution in [-0.4, -0.2) is 59.1 Å². The zero-order valence-corrected chi connectivity index (χ0v) is 15.4. The minimum atomic E-state index is -0.744. The second-order valence-corrected chi connectivity index (χ2v) is 7.36. The summed E-state index contributed by atoms with van der Waals surface area (Å²) in [6, 6.07) is 9.25. The number of hydrogen-bond donors (Lipinski definition) is 1. The molecule has 2 aromatic rings. The van der Waals surface area contributed by atoms with Crippen LogP contribution in [0.15, 0.2) is 30.3 Å². The average molecular weight is 359 g/mol. The van der Waals surface area contributed by atoms with E-state index in [2.05, 4.69) is 28.9 Å². The van der Waals surface area contributed by atoms with Crippen molar-refractivity contribution < 1.29 is 14.3 Å². The van der Waals surface area contributed by atoms with E-state index in [0.717, 1.165) is 30.6 Å². The van der Waals surface area contributed by atoms with Gasteiger partial charge in [-0.15, -0.1) is 0 Å². The second-order valence-electron chi connectivity index (χ2n) is 7.36. The lowest BCUT2D eigenvalue weighted by Crippen LogP contribution is -2.48. The van der Waals surface area contributed by atoms with Crippen LogP contribution in [0.5, 0.6) is 0 Å². The van der Waals surface area contributed by atoms with E-state index in [4.69, 9.17) is 5.11 Å². The summed E-state index contributed by atoms with van der Waals surface area (Å²) >= 11 is 0. The Kier molecular flexibility index (Phi) is 5.84. The van der Waals surface area contributed by atoms with Gasteiger partial charge in [0.25, 0.3) is 0 Å². The Morgan fingerprint density at radius 2 is 2.15 bits per heavy atom. The van der Waals surface area contributed by atoms with Gasteiger partial charge < -0.3 is 10.0 Å². The summed E-state index contributed by atoms with van der Waals surface area (Å²) in [6.45, 7) is 2.44. The van der Waals surface area contributed by atoms with E-state index in [1.807, 2.05) is 18.2 Å². The normalized spacial score (nSPS) is 21.4. The highest BCUT2D eigenvalue weighted by Crippen LogP contribution is 2.26. The first-order valence-corrected chi connectivity index (χ1v) is 9.09. The first kappa shape index (κ1) is 18.7. The molecule has 6 heteroatoms. The number of likely N-dealkylation sites (tertiary alicyclic amines) is 1. The van der Waals surface area contributed by atoms with Crippen LogP contribution in [-0.2, 0) is 11.3 Å². The molecule has 0 unspecified atom stereocenters. The number of hydrogen-bond acceptors (Lipinski definition) is 4. The molecule has 0 aliphatic carbocycles. The molecule has 1 fully saturated rings. The molecule has 1 N–H and O–H groups in total. The fourth-order valence-electron chi connectivity index (χ4n) is 3.98. The summed E-state index contributed by atoms with van der Waals surface area (Å²) in [5.74, 6) is -0.728. The maximum atomic E-state index is 14.0. The molecule has 1 saturated heterocycles. The quantitative estimate of drug-likeness (QED) is 0.859. The van der Waals surface area contributed by atoms with Gasteiger partial charge in [-0.25, -0.2) is 9.37 Å². The molecule has 1 aliphatic rings. The van der Waals surface area contributed by atoms with Crippen LogP contribution < -0.4 is 0 Å². The smallest absolute Gasteiger partial charge is 0.303 e. The van der Waals surface area contributed by atoms with E-state index >= 15 is 0 Å². The topological polar surface area (TPSA) is 56.7 Å². The number of piperidine rings is 1. The number of nitrogens with zero attached hydrogens (tertiary/aromatic N) is 3. The van der Waals surface area contributed by atoms with Crippen LogP contribution in [0.1, 0.15) is 25.0 Å². The summed E-state index contributed by atoms with van der Waals surface area (Å²) in [5.41, 5.74) is 1.26. The SMILES string of the molecule is CN(C)[C@@H]1CCN(Cc2ccc3cccc(F)c3n2)C[C@@H]1CCC(=O)O. The van der Waals surface area contributed by atoms with Crippen LogP contribution in [0.3, 0.4) is 0 Å². The number of carboxylic acids is 1. The number of benzene rings is 1. The minimum Gasteiger partial charge on any atom is -0.481 e. The van der Waals surface area contributed by atoms with E-state index in [-0.39, 0.29) is 12.2 Å². The summed E-state index contributed by atoms with van der Waals surface area (Å²) in [6.07, 6.45) is 1.87. The van der Waals surface area contributed by atoms with E-state index in [0.29, 0.717) is 30.4 Å². The summed E-state index contributed by atoms with van der Waals surface area (Å²) in [5, 5.41) is 9.83. The van der Waals surface area contributed by atoms with Crippen LogP contribution in [0.4, 0.5) is 4.39 Å². The van der Waals surface area contributed by atoms with Gasteiger partial charge in [0, 0.05) is 37.5 Å². The van der Waals surface area contributed by atoms with Gasteiger partial charge in [0.05, 0.1) is 5.69 Å². The van der Waals surface area contributed by atoms with E-state index in [1.54, 1.807) is 6.07 Å². The Bertz CT molecular complexity index is 781. The monoisotopic (exact) mass is 359 g/mol. The van der Waals surface area contributed by atoms with Gasteiger partial charge in [-0.1, -0.05) is 18.2 Å². The summed E-state index contributed by atoms with van der Waals surface area (Å²) in [7, 11) is 4.11. The zero-order chi connectivity index (χ0) is 18.7. The Balaban J connectivity index is 1.71. The van der Waals surface area contributed by atoms with Crippen molar-refractivity contribution in [2.24, 2.45) is 5.92 Å². The molecule has 2 atom stereocenters. The molecule has 26 heavy (non-hydrogen) atoms. The number of carbonyl (C=O) groups is 1. The number of aromatic nitrogens is 1. The molecule has 1 aliphatic heterocycles. The fourth-order valence-corrected chi connectivity index (χ4v) is 3.98. The molecule has 3 rings (SSSR count). The predicted octanol–water partition coefficient (Wildman–Crippen LogP) is 2.99. The van der Waals surface area contributed by atoms with Gasteiger partial charge in [-0.05, 0) is 45.0 Å². The number of halogens is 1. The van der Waals surface area contributed by atoms with Crippen molar-refractivity contribution in [3.63, 3.8) is 0 Å². The van der Waals surface area contributed by atoms with Crippen LogP contribution in [0, 0.1) is 11.7 Å². The highest BCUT2D eigenvalue weighted by Gasteiger charge is 2.30. The number of carboxylic acid groups (broad SMARTS) is 1. The third-order valence-corrected chi connectivity index (χ3v) is 5.28. The molecule has 0 bridgehead atoms. The van der Waals surface area contributed by atoms with Gasteiger partial charge in [0.2, 0.25) is 0 Å². The third-order valence-electron chi connectivity index (χ3n) is 5.28. The van der Waals surface area contributed by atoms with Crippen molar-refractivity contribution >= 4 is 16.9 Å². The first-order valence-electron chi connectivity index (χ1n) is 9.09. The van der Waals surface area contributed by atoms with E-state index < -0.39 is 5.97 Å². The van der Waals surface area contributed by atoms with Gasteiger partial charge in [-0.3, -0.25) is 9.69 Å². The molecule has 1 aromatic carbocycles. The molecule has 140 valence electrons. The molecule has 0 saturated carbocycles. The molecule has 5 nitrogen and oxygen atoms in total. The van der Waals surface area contributed by atoms with Gasteiger partial charge in [0.1, 0.15) is 11.3 Å². The zero-order valence-electron chi connectivity index (χ0n) is 15.4.